The Morgan fingerprint density at radius 1 is 1.44 bits per heavy atom. The van der Waals surface area contributed by atoms with Crippen LogP contribution in [0.1, 0.15) is 31.6 Å². The summed E-state index contributed by atoms with van der Waals surface area (Å²) in [5.74, 6) is 1.39. The molecule has 0 saturated heterocycles. The van der Waals surface area contributed by atoms with Crippen molar-refractivity contribution in [2.24, 2.45) is 4.99 Å². The molecule has 1 rings (SSSR count). The molecule has 1 atom stereocenters. The van der Waals surface area contributed by atoms with Crippen molar-refractivity contribution in [2.45, 2.75) is 32.7 Å². The van der Waals surface area contributed by atoms with Crippen molar-refractivity contribution >= 4 is 17.3 Å². The van der Waals surface area contributed by atoms with Gasteiger partial charge >= 0.3 is 0 Å². The van der Waals surface area contributed by atoms with Gasteiger partial charge in [-0.3, -0.25) is 4.99 Å². The lowest BCUT2D eigenvalue weighted by Crippen LogP contribution is -2.42. The Morgan fingerprint density at radius 3 is 2.69 bits per heavy atom. The second-order valence-electron chi connectivity index (χ2n) is 4.17. The Labute approximate surface area is 102 Å². The molecule has 0 aromatic carbocycles. The highest BCUT2D eigenvalue weighted by molar-refractivity contribution is 7.10. The van der Waals surface area contributed by atoms with Crippen LogP contribution in [0.4, 0.5) is 0 Å². The second-order valence-corrected chi connectivity index (χ2v) is 5.15. The summed E-state index contributed by atoms with van der Waals surface area (Å²) in [6.45, 7) is 7.35. The molecule has 0 radical (unpaired) electrons. The number of nitrogens with one attached hydrogen (secondary N) is 2. The summed E-state index contributed by atoms with van der Waals surface area (Å²) >= 11 is 1.80. The van der Waals surface area contributed by atoms with Crippen molar-refractivity contribution in [3.8, 4) is 0 Å². The maximum Gasteiger partial charge on any atom is 0.191 e. The minimum atomic E-state index is 0.406. The molecule has 2 N–H and O–H groups in total. The summed E-state index contributed by atoms with van der Waals surface area (Å²) in [4.78, 5) is 5.59. The van der Waals surface area contributed by atoms with Crippen LogP contribution in [0.2, 0.25) is 0 Å². The zero-order chi connectivity index (χ0) is 12.0. The largest absolute Gasteiger partial charge is 0.356 e. The quantitative estimate of drug-likeness (QED) is 0.625. The van der Waals surface area contributed by atoms with E-state index in [1.165, 1.54) is 4.88 Å². The number of guanidine groups is 1. The molecule has 1 heterocycles. The fourth-order valence-corrected chi connectivity index (χ4v) is 2.18. The monoisotopic (exact) mass is 239 g/mol. The highest BCUT2D eigenvalue weighted by Gasteiger charge is 2.07. The van der Waals surface area contributed by atoms with Crippen molar-refractivity contribution in [3.05, 3.63) is 22.4 Å². The van der Waals surface area contributed by atoms with Crippen molar-refractivity contribution in [2.75, 3.05) is 13.6 Å². The fraction of sp³-hybridized carbons (Fsp3) is 0.583. The average molecular weight is 239 g/mol. The first-order valence-corrected chi connectivity index (χ1v) is 6.52. The highest BCUT2D eigenvalue weighted by atomic mass is 32.1. The van der Waals surface area contributed by atoms with E-state index in [9.17, 15) is 0 Å². The minimum absolute atomic E-state index is 0.406. The van der Waals surface area contributed by atoms with Crippen LogP contribution in [0.3, 0.4) is 0 Å². The number of nitrogens with zero attached hydrogens (tertiary/aromatic N) is 1. The van der Waals surface area contributed by atoms with Crippen molar-refractivity contribution in [3.63, 3.8) is 0 Å². The third-order valence-electron chi connectivity index (χ3n) is 2.25. The SMILES string of the molecule is CN=C(NCC(C)c1cccs1)NC(C)C. The van der Waals surface area contributed by atoms with E-state index < -0.39 is 0 Å². The number of hydrogen-bond donors (Lipinski definition) is 2. The Bertz CT molecular complexity index is 317. The molecular weight excluding hydrogens is 218 g/mol. The molecule has 1 aromatic rings. The first kappa shape index (κ1) is 13.0. The van der Waals surface area contributed by atoms with Gasteiger partial charge in [-0.25, -0.2) is 0 Å². The summed E-state index contributed by atoms with van der Waals surface area (Å²) in [5, 5.41) is 8.72. The maximum absolute atomic E-state index is 4.18. The molecule has 3 nitrogen and oxygen atoms in total. The van der Waals surface area contributed by atoms with Gasteiger partial charge in [-0.05, 0) is 25.3 Å². The molecule has 0 amide bonds. The first-order valence-electron chi connectivity index (χ1n) is 5.64. The van der Waals surface area contributed by atoms with Crippen LogP contribution in [-0.2, 0) is 0 Å². The smallest absolute Gasteiger partial charge is 0.191 e. The number of hydrogen-bond acceptors (Lipinski definition) is 2. The lowest BCUT2D eigenvalue weighted by molar-refractivity contribution is 0.670. The van der Waals surface area contributed by atoms with Gasteiger partial charge < -0.3 is 10.6 Å². The lowest BCUT2D eigenvalue weighted by Gasteiger charge is -2.16. The summed E-state index contributed by atoms with van der Waals surface area (Å²) in [6.07, 6.45) is 0. The molecule has 0 aliphatic heterocycles. The molecule has 1 unspecified atom stereocenters. The van der Waals surface area contributed by atoms with Crippen molar-refractivity contribution in [1.82, 2.24) is 10.6 Å². The van der Waals surface area contributed by atoms with E-state index in [0.29, 0.717) is 12.0 Å². The van der Waals surface area contributed by atoms with Crippen LogP contribution >= 0.6 is 11.3 Å². The van der Waals surface area contributed by atoms with Gasteiger partial charge in [-0.15, -0.1) is 11.3 Å². The van der Waals surface area contributed by atoms with Gasteiger partial charge in [0, 0.05) is 30.4 Å². The Kier molecular flexibility index (Phi) is 5.32. The Morgan fingerprint density at radius 2 is 2.19 bits per heavy atom. The predicted octanol–water partition coefficient (Wildman–Crippen LogP) is 2.43. The van der Waals surface area contributed by atoms with E-state index >= 15 is 0 Å². The summed E-state index contributed by atoms with van der Waals surface area (Å²) in [5.41, 5.74) is 0. The number of rotatable bonds is 4. The zero-order valence-electron chi connectivity index (χ0n) is 10.4. The molecule has 16 heavy (non-hydrogen) atoms. The fourth-order valence-electron chi connectivity index (χ4n) is 1.39. The highest BCUT2D eigenvalue weighted by Crippen LogP contribution is 2.19. The van der Waals surface area contributed by atoms with E-state index in [1.54, 1.807) is 18.4 Å². The van der Waals surface area contributed by atoms with Gasteiger partial charge in [0.15, 0.2) is 5.96 Å². The van der Waals surface area contributed by atoms with Gasteiger partial charge in [-0.2, -0.15) is 0 Å². The predicted molar refractivity (Wildman–Crippen MR) is 72.4 cm³/mol. The Hall–Kier alpha value is -1.03. The van der Waals surface area contributed by atoms with E-state index in [1.807, 2.05) is 0 Å². The third-order valence-corrected chi connectivity index (χ3v) is 3.36. The standard InChI is InChI=1S/C12H21N3S/c1-9(2)15-12(13-4)14-8-10(3)11-6-5-7-16-11/h5-7,9-10H,8H2,1-4H3,(H2,13,14,15). The van der Waals surface area contributed by atoms with Gasteiger partial charge in [-0.1, -0.05) is 13.0 Å². The molecular formula is C12H21N3S. The van der Waals surface area contributed by atoms with Crippen LogP contribution in [0.25, 0.3) is 0 Å². The zero-order valence-corrected chi connectivity index (χ0v) is 11.3. The van der Waals surface area contributed by atoms with Gasteiger partial charge in [0.25, 0.3) is 0 Å². The van der Waals surface area contributed by atoms with Gasteiger partial charge in [0.1, 0.15) is 0 Å². The van der Waals surface area contributed by atoms with Gasteiger partial charge in [0.2, 0.25) is 0 Å². The molecule has 0 aliphatic carbocycles. The molecule has 0 bridgehead atoms. The van der Waals surface area contributed by atoms with Crippen LogP contribution in [-0.4, -0.2) is 25.6 Å². The van der Waals surface area contributed by atoms with Crippen LogP contribution in [0.5, 0.6) is 0 Å². The minimum Gasteiger partial charge on any atom is -0.356 e. The van der Waals surface area contributed by atoms with E-state index in [-0.39, 0.29) is 0 Å². The second kappa shape index (κ2) is 6.53. The van der Waals surface area contributed by atoms with Crippen LogP contribution in [0.15, 0.2) is 22.5 Å². The summed E-state index contributed by atoms with van der Waals surface area (Å²) in [7, 11) is 1.80. The lowest BCUT2D eigenvalue weighted by atomic mass is 10.1. The molecule has 90 valence electrons. The van der Waals surface area contributed by atoms with Crippen molar-refractivity contribution in [1.29, 1.82) is 0 Å². The Balaban J connectivity index is 2.38. The third kappa shape index (κ3) is 4.23. The first-order chi connectivity index (χ1) is 7.63. The van der Waals surface area contributed by atoms with E-state index in [0.717, 1.165) is 12.5 Å². The molecule has 0 spiro atoms. The summed E-state index contributed by atoms with van der Waals surface area (Å²) < 4.78 is 0. The molecule has 1 aromatic heterocycles. The number of thiophene rings is 1. The van der Waals surface area contributed by atoms with E-state index in [4.69, 9.17) is 0 Å². The van der Waals surface area contributed by atoms with E-state index in [2.05, 4.69) is 53.9 Å². The molecule has 0 aliphatic rings. The van der Waals surface area contributed by atoms with Crippen LogP contribution in [0, 0.1) is 0 Å². The summed E-state index contributed by atoms with van der Waals surface area (Å²) in [6, 6.07) is 4.68. The molecule has 4 heteroatoms. The molecule has 0 fully saturated rings. The van der Waals surface area contributed by atoms with Gasteiger partial charge in [0.05, 0.1) is 0 Å². The normalized spacial score (nSPS) is 13.9. The maximum atomic E-state index is 4.18. The number of aliphatic imine (C=N–C) groups is 1. The van der Waals surface area contributed by atoms with Crippen LogP contribution < -0.4 is 10.6 Å². The molecule has 0 saturated carbocycles. The van der Waals surface area contributed by atoms with Crippen molar-refractivity contribution < 1.29 is 0 Å². The topological polar surface area (TPSA) is 36.4 Å². The average Bonchev–Trinajstić information content (AvgIpc) is 2.76.